The van der Waals surface area contributed by atoms with Crippen LogP contribution in [0.5, 0.6) is 0 Å². The molecule has 3 aromatic rings. The second-order valence-electron chi connectivity index (χ2n) is 5.25. The van der Waals surface area contributed by atoms with Gasteiger partial charge in [0.15, 0.2) is 5.65 Å². The number of aromatic nitrogens is 3. The van der Waals surface area contributed by atoms with E-state index in [1.165, 1.54) is 18.2 Å². The van der Waals surface area contributed by atoms with Crippen LogP contribution in [-0.2, 0) is 4.79 Å². The van der Waals surface area contributed by atoms with Gasteiger partial charge in [0.1, 0.15) is 11.6 Å². The third kappa shape index (κ3) is 3.19. The van der Waals surface area contributed by atoms with Crippen LogP contribution in [0, 0.1) is 12.7 Å². The number of benzene rings is 1. The monoisotopic (exact) mass is 313 g/mol. The lowest BCUT2D eigenvalue weighted by Crippen LogP contribution is -2.16. The SMILES string of the molecule is Cc1cnc2nc(-c3cc(NC(=O)CCN)ccc3F)[nH]c2c1. The number of halogens is 1. The molecule has 0 aliphatic rings. The van der Waals surface area contributed by atoms with Gasteiger partial charge in [-0.05, 0) is 36.8 Å². The normalized spacial score (nSPS) is 10.9. The maximum Gasteiger partial charge on any atom is 0.225 e. The summed E-state index contributed by atoms with van der Waals surface area (Å²) < 4.78 is 14.1. The summed E-state index contributed by atoms with van der Waals surface area (Å²) in [4.78, 5) is 23.2. The first kappa shape index (κ1) is 15.1. The van der Waals surface area contributed by atoms with Crippen LogP contribution >= 0.6 is 0 Å². The van der Waals surface area contributed by atoms with E-state index in [0.29, 0.717) is 17.2 Å². The van der Waals surface area contributed by atoms with E-state index < -0.39 is 5.82 Å². The number of carbonyl (C=O) groups is 1. The number of carbonyl (C=O) groups excluding carboxylic acids is 1. The second-order valence-corrected chi connectivity index (χ2v) is 5.25. The summed E-state index contributed by atoms with van der Waals surface area (Å²) in [6.45, 7) is 2.18. The molecule has 1 aromatic carbocycles. The molecule has 7 heteroatoms. The summed E-state index contributed by atoms with van der Waals surface area (Å²) in [6, 6.07) is 6.22. The highest BCUT2D eigenvalue weighted by Gasteiger charge is 2.13. The summed E-state index contributed by atoms with van der Waals surface area (Å²) in [7, 11) is 0. The first-order valence-electron chi connectivity index (χ1n) is 7.19. The highest BCUT2D eigenvalue weighted by molar-refractivity contribution is 5.91. The number of hydrogen-bond acceptors (Lipinski definition) is 4. The first-order valence-corrected chi connectivity index (χ1v) is 7.19. The number of rotatable bonds is 4. The molecular formula is C16H16FN5O. The molecule has 2 heterocycles. The molecule has 2 aromatic heterocycles. The number of hydrogen-bond donors (Lipinski definition) is 3. The fraction of sp³-hybridized carbons (Fsp3) is 0.188. The summed E-state index contributed by atoms with van der Waals surface area (Å²) in [5.74, 6) is -0.282. The number of H-pyrrole nitrogens is 1. The molecule has 6 nitrogen and oxygen atoms in total. The lowest BCUT2D eigenvalue weighted by molar-refractivity contribution is -0.116. The van der Waals surface area contributed by atoms with Crippen molar-refractivity contribution >= 4 is 22.8 Å². The molecule has 0 aliphatic heterocycles. The van der Waals surface area contributed by atoms with Crippen LogP contribution in [-0.4, -0.2) is 27.4 Å². The van der Waals surface area contributed by atoms with Gasteiger partial charge in [-0.2, -0.15) is 0 Å². The third-order valence-electron chi connectivity index (χ3n) is 3.35. The minimum atomic E-state index is -0.433. The molecule has 1 amide bonds. The van der Waals surface area contributed by atoms with Crippen molar-refractivity contribution in [1.29, 1.82) is 0 Å². The van der Waals surface area contributed by atoms with E-state index in [4.69, 9.17) is 5.73 Å². The quantitative estimate of drug-likeness (QED) is 0.689. The van der Waals surface area contributed by atoms with Gasteiger partial charge in [0.2, 0.25) is 5.91 Å². The zero-order valence-corrected chi connectivity index (χ0v) is 12.6. The standard InChI is InChI=1S/C16H16FN5O/c1-9-6-13-16(19-8-9)22-15(21-13)11-7-10(2-3-12(11)17)20-14(23)4-5-18/h2-3,6-8H,4-5,18H2,1H3,(H,20,23)(H,19,21,22). The molecule has 0 saturated carbocycles. The van der Waals surface area contributed by atoms with Crippen LogP contribution in [0.25, 0.3) is 22.6 Å². The fourth-order valence-electron chi connectivity index (χ4n) is 2.27. The largest absolute Gasteiger partial charge is 0.336 e. The van der Waals surface area contributed by atoms with Crippen molar-refractivity contribution in [2.45, 2.75) is 13.3 Å². The number of pyridine rings is 1. The second kappa shape index (κ2) is 6.13. The molecule has 3 rings (SSSR count). The smallest absolute Gasteiger partial charge is 0.225 e. The molecule has 0 atom stereocenters. The zero-order valence-electron chi connectivity index (χ0n) is 12.6. The van der Waals surface area contributed by atoms with Crippen molar-refractivity contribution in [3.05, 3.63) is 41.8 Å². The predicted molar refractivity (Wildman–Crippen MR) is 86.3 cm³/mol. The maximum absolute atomic E-state index is 14.1. The molecule has 0 radical (unpaired) electrons. The van der Waals surface area contributed by atoms with Crippen LogP contribution in [0.4, 0.5) is 10.1 Å². The van der Waals surface area contributed by atoms with Crippen LogP contribution in [0.15, 0.2) is 30.5 Å². The zero-order chi connectivity index (χ0) is 16.4. The number of imidazole rings is 1. The van der Waals surface area contributed by atoms with Crippen LogP contribution in [0.2, 0.25) is 0 Å². The summed E-state index contributed by atoms with van der Waals surface area (Å²) in [5, 5.41) is 2.68. The number of fused-ring (bicyclic) bond motifs is 1. The summed E-state index contributed by atoms with van der Waals surface area (Å²) in [6.07, 6.45) is 1.91. The Morgan fingerprint density at radius 2 is 2.22 bits per heavy atom. The van der Waals surface area contributed by atoms with Gasteiger partial charge in [0.25, 0.3) is 0 Å². The molecule has 0 saturated heterocycles. The van der Waals surface area contributed by atoms with Crippen LogP contribution < -0.4 is 11.1 Å². The van der Waals surface area contributed by atoms with E-state index >= 15 is 0 Å². The average molecular weight is 313 g/mol. The van der Waals surface area contributed by atoms with Crippen molar-refractivity contribution in [3.8, 4) is 11.4 Å². The Bertz CT molecular complexity index is 874. The molecule has 4 N–H and O–H groups in total. The highest BCUT2D eigenvalue weighted by Crippen LogP contribution is 2.25. The molecule has 0 aliphatic carbocycles. The van der Waals surface area contributed by atoms with Crippen molar-refractivity contribution in [3.63, 3.8) is 0 Å². The van der Waals surface area contributed by atoms with Gasteiger partial charge < -0.3 is 16.0 Å². The maximum atomic E-state index is 14.1. The minimum absolute atomic E-state index is 0.209. The average Bonchev–Trinajstić information content (AvgIpc) is 2.92. The van der Waals surface area contributed by atoms with Crippen molar-refractivity contribution in [1.82, 2.24) is 15.0 Å². The number of amides is 1. The Labute approximate surface area is 131 Å². The van der Waals surface area contributed by atoms with Crippen LogP contribution in [0.1, 0.15) is 12.0 Å². The van der Waals surface area contributed by atoms with Crippen molar-refractivity contribution < 1.29 is 9.18 Å². The Hall–Kier alpha value is -2.80. The Morgan fingerprint density at radius 1 is 1.39 bits per heavy atom. The molecule has 118 valence electrons. The van der Waals surface area contributed by atoms with E-state index in [0.717, 1.165) is 11.1 Å². The Balaban J connectivity index is 1.98. The van der Waals surface area contributed by atoms with Gasteiger partial charge in [-0.15, -0.1) is 0 Å². The lowest BCUT2D eigenvalue weighted by Gasteiger charge is -2.06. The number of nitrogens with zero attached hydrogens (tertiary/aromatic N) is 2. The van der Waals surface area contributed by atoms with Crippen molar-refractivity contribution in [2.24, 2.45) is 5.73 Å². The van der Waals surface area contributed by atoms with Crippen LogP contribution in [0.3, 0.4) is 0 Å². The fourth-order valence-corrected chi connectivity index (χ4v) is 2.27. The Kier molecular flexibility index (Phi) is 4.03. The molecule has 0 unspecified atom stereocenters. The number of aryl methyl sites for hydroxylation is 1. The number of aromatic amines is 1. The molecular weight excluding hydrogens is 297 g/mol. The van der Waals surface area contributed by atoms with Gasteiger partial charge in [0, 0.05) is 24.8 Å². The van der Waals surface area contributed by atoms with E-state index in [1.54, 1.807) is 6.20 Å². The highest BCUT2D eigenvalue weighted by atomic mass is 19.1. The third-order valence-corrected chi connectivity index (χ3v) is 3.35. The first-order chi connectivity index (χ1) is 11.1. The number of anilines is 1. The number of nitrogens with two attached hydrogens (primary N) is 1. The lowest BCUT2D eigenvalue weighted by atomic mass is 10.1. The summed E-state index contributed by atoms with van der Waals surface area (Å²) >= 11 is 0. The molecule has 0 spiro atoms. The minimum Gasteiger partial charge on any atom is -0.336 e. The Morgan fingerprint density at radius 3 is 3.00 bits per heavy atom. The van der Waals surface area contributed by atoms with E-state index in [-0.39, 0.29) is 24.4 Å². The molecule has 23 heavy (non-hydrogen) atoms. The molecule has 0 bridgehead atoms. The van der Waals surface area contributed by atoms with E-state index in [2.05, 4.69) is 20.3 Å². The topological polar surface area (TPSA) is 96.7 Å². The van der Waals surface area contributed by atoms with Gasteiger partial charge in [-0.1, -0.05) is 0 Å². The predicted octanol–water partition coefficient (Wildman–Crippen LogP) is 2.36. The van der Waals surface area contributed by atoms with E-state index in [1.807, 2.05) is 13.0 Å². The van der Waals surface area contributed by atoms with Gasteiger partial charge in [0.05, 0.1) is 11.1 Å². The van der Waals surface area contributed by atoms with E-state index in [9.17, 15) is 9.18 Å². The molecule has 0 fully saturated rings. The van der Waals surface area contributed by atoms with Gasteiger partial charge in [-0.25, -0.2) is 14.4 Å². The van der Waals surface area contributed by atoms with Gasteiger partial charge in [-0.3, -0.25) is 4.79 Å². The van der Waals surface area contributed by atoms with Gasteiger partial charge >= 0.3 is 0 Å². The number of nitrogens with one attached hydrogen (secondary N) is 2. The summed E-state index contributed by atoms with van der Waals surface area (Å²) in [5.41, 5.74) is 8.33. The van der Waals surface area contributed by atoms with Crippen molar-refractivity contribution in [2.75, 3.05) is 11.9 Å².